The van der Waals surface area contributed by atoms with Crippen LogP contribution in [0.5, 0.6) is 0 Å². The van der Waals surface area contributed by atoms with Crippen LogP contribution in [0.3, 0.4) is 0 Å². The van der Waals surface area contributed by atoms with Crippen molar-refractivity contribution in [2.45, 2.75) is 33.2 Å². The number of benzene rings is 2. The lowest BCUT2D eigenvalue weighted by atomic mass is 10.1. The van der Waals surface area contributed by atoms with Crippen molar-refractivity contribution in [3.05, 3.63) is 65.2 Å². The van der Waals surface area contributed by atoms with Crippen molar-refractivity contribution in [1.82, 2.24) is 5.32 Å². The number of hydrogen-bond acceptors (Lipinski definition) is 4. The summed E-state index contributed by atoms with van der Waals surface area (Å²) in [6, 6.07) is 15.2. The van der Waals surface area contributed by atoms with E-state index in [1.54, 1.807) is 4.90 Å². The van der Waals surface area contributed by atoms with E-state index in [0.717, 1.165) is 22.4 Å². The molecule has 152 valence electrons. The van der Waals surface area contributed by atoms with Crippen LogP contribution in [0.4, 0.5) is 5.69 Å². The molecule has 2 amide bonds. The van der Waals surface area contributed by atoms with Gasteiger partial charge in [-0.25, -0.2) is 0 Å². The largest absolute Gasteiger partial charge is 0.455 e. The smallest absolute Gasteiger partial charge is 0.311 e. The Balaban J connectivity index is 1.52. The molecule has 1 heterocycles. The number of nitrogens with one attached hydrogen (secondary N) is 1. The lowest BCUT2D eigenvalue weighted by Crippen LogP contribution is -2.32. The lowest BCUT2D eigenvalue weighted by molar-refractivity contribution is -0.152. The number of aryl methyl sites for hydroxylation is 2. The molecular weight excluding hydrogens is 368 g/mol. The molecule has 29 heavy (non-hydrogen) atoms. The molecule has 0 aromatic heterocycles. The quantitative estimate of drug-likeness (QED) is 0.764. The average molecular weight is 394 g/mol. The van der Waals surface area contributed by atoms with Gasteiger partial charge in [0.2, 0.25) is 5.91 Å². The number of carbonyl (C=O) groups is 3. The Labute approximate surface area is 170 Å². The molecule has 1 fully saturated rings. The Morgan fingerprint density at radius 1 is 1.14 bits per heavy atom. The third-order valence-electron chi connectivity index (χ3n) is 5.00. The number of rotatable bonds is 6. The van der Waals surface area contributed by atoms with Crippen LogP contribution in [0.2, 0.25) is 0 Å². The Kier molecular flexibility index (Phi) is 6.32. The van der Waals surface area contributed by atoms with Gasteiger partial charge in [-0.1, -0.05) is 36.4 Å². The first-order chi connectivity index (χ1) is 13.8. The Morgan fingerprint density at radius 2 is 1.79 bits per heavy atom. The van der Waals surface area contributed by atoms with Crippen LogP contribution in [0.25, 0.3) is 0 Å². The summed E-state index contributed by atoms with van der Waals surface area (Å²) in [5, 5.41) is 2.80. The van der Waals surface area contributed by atoms with E-state index in [1.807, 2.05) is 69.3 Å². The van der Waals surface area contributed by atoms with E-state index >= 15 is 0 Å². The number of esters is 1. The highest BCUT2D eigenvalue weighted by Crippen LogP contribution is 2.27. The number of amides is 2. The third kappa shape index (κ3) is 5.22. The monoisotopic (exact) mass is 394 g/mol. The molecule has 3 rings (SSSR count). The summed E-state index contributed by atoms with van der Waals surface area (Å²) >= 11 is 0. The number of carbonyl (C=O) groups excluding carboxylic acids is 3. The van der Waals surface area contributed by atoms with Gasteiger partial charge >= 0.3 is 5.97 Å². The van der Waals surface area contributed by atoms with Gasteiger partial charge in [0.15, 0.2) is 6.61 Å². The highest BCUT2D eigenvalue weighted by molar-refractivity contribution is 5.99. The molecule has 1 aliphatic rings. The van der Waals surface area contributed by atoms with Gasteiger partial charge in [-0.2, -0.15) is 0 Å². The summed E-state index contributed by atoms with van der Waals surface area (Å²) in [5.74, 6) is -1.57. The van der Waals surface area contributed by atoms with Gasteiger partial charge < -0.3 is 15.0 Å². The minimum atomic E-state index is -0.567. The van der Waals surface area contributed by atoms with Gasteiger partial charge in [0.1, 0.15) is 0 Å². The lowest BCUT2D eigenvalue weighted by Gasteiger charge is -2.18. The zero-order valence-corrected chi connectivity index (χ0v) is 17.0. The second kappa shape index (κ2) is 8.90. The standard InChI is InChI=1S/C23H26N2O4/c1-15-9-16(2)11-20(10-15)25-13-19(12-22(25)27)23(28)29-14-21(26)24-17(3)18-7-5-4-6-8-18/h4-11,17,19H,12-14H2,1-3H3,(H,24,26)/t17-,19+/m0/s1. The van der Waals surface area contributed by atoms with Crippen LogP contribution in [-0.4, -0.2) is 30.9 Å². The van der Waals surface area contributed by atoms with Crippen LogP contribution >= 0.6 is 0 Å². The summed E-state index contributed by atoms with van der Waals surface area (Å²) in [7, 11) is 0. The highest BCUT2D eigenvalue weighted by atomic mass is 16.5. The first-order valence-electron chi connectivity index (χ1n) is 9.73. The van der Waals surface area contributed by atoms with E-state index in [1.165, 1.54) is 0 Å². The summed E-state index contributed by atoms with van der Waals surface area (Å²) in [5.41, 5.74) is 3.88. The molecule has 2 atom stereocenters. The van der Waals surface area contributed by atoms with Gasteiger partial charge in [-0.05, 0) is 49.6 Å². The third-order valence-corrected chi connectivity index (χ3v) is 5.00. The molecule has 0 aliphatic carbocycles. The Bertz CT molecular complexity index is 890. The van der Waals surface area contributed by atoms with E-state index in [0.29, 0.717) is 0 Å². The zero-order valence-electron chi connectivity index (χ0n) is 17.0. The van der Waals surface area contributed by atoms with E-state index in [-0.39, 0.29) is 37.4 Å². The van der Waals surface area contributed by atoms with Crippen molar-refractivity contribution >= 4 is 23.5 Å². The minimum absolute atomic E-state index is 0.0911. The minimum Gasteiger partial charge on any atom is -0.455 e. The fraction of sp³-hybridized carbons (Fsp3) is 0.348. The normalized spacial score (nSPS) is 17.1. The maximum Gasteiger partial charge on any atom is 0.311 e. The van der Waals surface area contributed by atoms with Crippen molar-refractivity contribution in [2.75, 3.05) is 18.1 Å². The summed E-state index contributed by atoms with van der Waals surface area (Å²) in [6.45, 7) is 5.72. The van der Waals surface area contributed by atoms with E-state index in [9.17, 15) is 14.4 Å². The molecule has 1 saturated heterocycles. The second-order valence-electron chi connectivity index (χ2n) is 7.56. The molecule has 0 saturated carbocycles. The van der Waals surface area contributed by atoms with E-state index in [2.05, 4.69) is 5.32 Å². The first-order valence-corrected chi connectivity index (χ1v) is 9.73. The summed E-state index contributed by atoms with van der Waals surface area (Å²) in [4.78, 5) is 38.5. The van der Waals surface area contributed by atoms with Crippen molar-refractivity contribution in [3.8, 4) is 0 Å². The summed E-state index contributed by atoms with van der Waals surface area (Å²) in [6.07, 6.45) is 0.0911. The maximum absolute atomic E-state index is 12.4. The van der Waals surface area contributed by atoms with E-state index < -0.39 is 11.9 Å². The molecule has 6 nitrogen and oxygen atoms in total. The second-order valence-corrected chi connectivity index (χ2v) is 7.56. The zero-order chi connectivity index (χ0) is 21.0. The molecule has 0 radical (unpaired) electrons. The molecule has 0 spiro atoms. The average Bonchev–Trinajstić information content (AvgIpc) is 3.08. The fourth-order valence-corrected chi connectivity index (χ4v) is 3.58. The Hall–Kier alpha value is -3.15. The molecule has 2 aromatic rings. The van der Waals surface area contributed by atoms with Gasteiger partial charge in [0.05, 0.1) is 12.0 Å². The van der Waals surface area contributed by atoms with Crippen molar-refractivity contribution in [2.24, 2.45) is 5.92 Å². The van der Waals surface area contributed by atoms with Crippen LogP contribution in [0.1, 0.15) is 36.1 Å². The topological polar surface area (TPSA) is 75.7 Å². The van der Waals surface area contributed by atoms with Crippen LogP contribution in [0, 0.1) is 19.8 Å². The SMILES string of the molecule is Cc1cc(C)cc(N2C[C@H](C(=O)OCC(=O)N[C@@H](C)c3ccccc3)CC2=O)c1. The summed E-state index contributed by atoms with van der Waals surface area (Å²) < 4.78 is 5.17. The fourth-order valence-electron chi connectivity index (χ4n) is 3.58. The molecule has 6 heteroatoms. The van der Waals surface area contributed by atoms with E-state index in [4.69, 9.17) is 4.74 Å². The molecule has 0 bridgehead atoms. The van der Waals surface area contributed by atoms with Gasteiger partial charge in [0.25, 0.3) is 5.91 Å². The first kappa shape index (κ1) is 20.6. The molecule has 2 aromatic carbocycles. The van der Waals surface area contributed by atoms with Crippen LogP contribution < -0.4 is 10.2 Å². The van der Waals surface area contributed by atoms with Crippen LogP contribution in [0.15, 0.2) is 48.5 Å². The number of nitrogens with zero attached hydrogens (tertiary/aromatic N) is 1. The predicted octanol–water partition coefficient (Wildman–Crippen LogP) is 3.08. The maximum atomic E-state index is 12.4. The van der Waals surface area contributed by atoms with Gasteiger partial charge in [-0.15, -0.1) is 0 Å². The molecule has 1 N–H and O–H groups in total. The van der Waals surface area contributed by atoms with Gasteiger partial charge in [-0.3, -0.25) is 14.4 Å². The predicted molar refractivity (Wildman–Crippen MR) is 110 cm³/mol. The number of ether oxygens (including phenoxy) is 1. The number of hydrogen-bond donors (Lipinski definition) is 1. The number of anilines is 1. The molecule has 1 aliphatic heterocycles. The van der Waals surface area contributed by atoms with Crippen molar-refractivity contribution in [3.63, 3.8) is 0 Å². The van der Waals surface area contributed by atoms with Gasteiger partial charge in [0, 0.05) is 18.7 Å². The highest BCUT2D eigenvalue weighted by Gasteiger charge is 2.36. The van der Waals surface area contributed by atoms with Crippen LogP contribution in [-0.2, 0) is 19.1 Å². The van der Waals surface area contributed by atoms with Crippen molar-refractivity contribution in [1.29, 1.82) is 0 Å². The molecular formula is C23H26N2O4. The van der Waals surface area contributed by atoms with Crippen molar-refractivity contribution < 1.29 is 19.1 Å². The molecule has 0 unspecified atom stereocenters. The Morgan fingerprint density at radius 3 is 2.45 bits per heavy atom.